The summed E-state index contributed by atoms with van der Waals surface area (Å²) < 4.78 is 5.12. The van der Waals surface area contributed by atoms with Gasteiger partial charge in [-0.2, -0.15) is 0 Å². The fourth-order valence-electron chi connectivity index (χ4n) is 3.25. The molecule has 2 N–H and O–H groups in total. The van der Waals surface area contributed by atoms with E-state index in [1.807, 2.05) is 0 Å². The van der Waals surface area contributed by atoms with Crippen molar-refractivity contribution in [3.05, 3.63) is 40.4 Å². The highest BCUT2D eigenvalue weighted by atomic mass is 32.1. The predicted octanol–water partition coefficient (Wildman–Crippen LogP) is 3.99. The molecule has 0 spiro atoms. The van der Waals surface area contributed by atoms with Crippen molar-refractivity contribution in [1.29, 1.82) is 0 Å². The number of thiazole rings is 1. The maximum absolute atomic E-state index is 12.6. The Hall–Kier alpha value is -2.41. The van der Waals surface area contributed by atoms with Crippen LogP contribution >= 0.6 is 11.3 Å². The second-order valence-electron chi connectivity index (χ2n) is 7.43. The quantitative estimate of drug-likeness (QED) is 0.735. The van der Waals surface area contributed by atoms with E-state index >= 15 is 0 Å². The second kappa shape index (κ2) is 9.19. The molecule has 7 heteroatoms. The van der Waals surface area contributed by atoms with Crippen LogP contribution in [0.25, 0.3) is 0 Å². The molecule has 0 radical (unpaired) electrons. The van der Waals surface area contributed by atoms with Gasteiger partial charge in [0.25, 0.3) is 5.91 Å². The Morgan fingerprint density at radius 3 is 2.71 bits per heavy atom. The van der Waals surface area contributed by atoms with Crippen molar-refractivity contribution in [3.8, 4) is 5.75 Å². The van der Waals surface area contributed by atoms with Crippen LogP contribution < -0.4 is 15.4 Å². The van der Waals surface area contributed by atoms with Gasteiger partial charge >= 0.3 is 0 Å². The summed E-state index contributed by atoms with van der Waals surface area (Å²) in [6.07, 6.45) is 3.63. The summed E-state index contributed by atoms with van der Waals surface area (Å²) in [7, 11) is 1.59. The maximum Gasteiger partial charge on any atom is 0.257 e. The third-order valence-corrected chi connectivity index (χ3v) is 5.91. The molecule has 0 bridgehead atoms. The molecule has 0 aliphatic heterocycles. The van der Waals surface area contributed by atoms with Crippen LogP contribution in [0.3, 0.4) is 0 Å². The summed E-state index contributed by atoms with van der Waals surface area (Å²) in [6.45, 7) is 4.97. The van der Waals surface area contributed by atoms with E-state index in [1.54, 1.807) is 31.4 Å². The van der Waals surface area contributed by atoms with Crippen LogP contribution in [0.2, 0.25) is 0 Å². The Labute approximate surface area is 169 Å². The number of ether oxygens (including phenoxy) is 1. The Bertz CT molecular complexity index is 830. The lowest BCUT2D eigenvalue weighted by molar-refractivity contribution is -0.122. The molecule has 6 nitrogen and oxygen atoms in total. The Morgan fingerprint density at radius 2 is 2.04 bits per heavy atom. The minimum atomic E-state index is -0.223. The number of hydrogen-bond acceptors (Lipinski definition) is 5. The van der Waals surface area contributed by atoms with E-state index in [-0.39, 0.29) is 17.7 Å². The highest BCUT2D eigenvalue weighted by Crippen LogP contribution is 2.37. The van der Waals surface area contributed by atoms with E-state index in [0.29, 0.717) is 28.9 Å². The number of rotatable bonds is 7. The summed E-state index contributed by atoms with van der Waals surface area (Å²) in [5, 5.41) is 6.45. The van der Waals surface area contributed by atoms with E-state index in [4.69, 9.17) is 4.74 Å². The smallest absolute Gasteiger partial charge is 0.257 e. The van der Waals surface area contributed by atoms with Gasteiger partial charge in [0.15, 0.2) is 5.13 Å². The molecule has 0 saturated carbocycles. The van der Waals surface area contributed by atoms with Crippen molar-refractivity contribution in [2.45, 2.75) is 45.4 Å². The first-order chi connectivity index (χ1) is 13.5. The van der Waals surface area contributed by atoms with Gasteiger partial charge < -0.3 is 10.1 Å². The molecule has 1 aromatic carbocycles. The summed E-state index contributed by atoms with van der Waals surface area (Å²) >= 11 is 1.47. The maximum atomic E-state index is 12.6. The largest absolute Gasteiger partial charge is 0.497 e. The van der Waals surface area contributed by atoms with Gasteiger partial charge in [-0.05, 0) is 55.9 Å². The molecule has 2 aromatic rings. The van der Waals surface area contributed by atoms with Crippen molar-refractivity contribution in [2.24, 2.45) is 5.92 Å². The number of carbonyl (C=O) groups excluding carboxylic acids is 2. The molecule has 1 aliphatic carbocycles. The van der Waals surface area contributed by atoms with Gasteiger partial charge in [-0.3, -0.25) is 14.9 Å². The van der Waals surface area contributed by atoms with E-state index in [2.05, 4.69) is 29.5 Å². The molecule has 1 unspecified atom stereocenters. The Kier molecular flexibility index (Phi) is 6.67. The van der Waals surface area contributed by atoms with Crippen molar-refractivity contribution < 1.29 is 14.3 Å². The number of nitrogens with zero attached hydrogens (tertiary/aromatic N) is 1. The molecule has 3 rings (SSSR count). The lowest BCUT2D eigenvalue weighted by Gasteiger charge is -2.20. The van der Waals surface area contributed by atoms with Gasteiger partial charge in [0.2, 0.25) is 5.91 Å². The molecule has 0 fully saturated rings. The molecular formula is C21H27N3O3S. The molecule has 2 amide bonds. The van der Waals surface area contributed by atoms with Crippen molar-refractivity contribution in [3.63, 3.8) is 0 Å². The van der Waals surface area contributed by atoms with Crippen LogP contribution in [0, 0.1) is 5.92 Å². The van der Waals surface area contributed by atoms with Gasteiger partial charge in [0.1, 0.15) is 5.75 Å². The highest BCUT2D eigenvalue weighted by molar-refractivity contribution is 7.15. The fourth-order valence-corrected chi connectivity index (χ4v) is 4.31. The third-order valence-electron chi connectivity index (χ3n) is 4.86. The molecule has 150 valence electrons. The lowest BCUT2D eigenvalue weighted by atomic mass is 9.90. The van der Waals surface area contributed by atoms with E-state index in [1.165, 1.54) is 11.3 Å². The monoisotopic (exact) mass is 401 g/mol. The number of methoxy groups -OCH3 is 1. The van der Waals surface area contributed by atoms with Gasteiger partial charge in [-0.15, -0.1) is 11.3 Å². The number of aromatic nitrogens is 1. The van der Waals surface area contributed by atoms with Crippen molar-refractivity contribution in [1.82, 2.24) is 10.3 Å². The number of nitrogens with one attached hydrogen (secondary N) is 2. The zero-order chi connectivity index (χ0) is 20.1. The third kappa shape index (κ3) is 4.90. The number of hydrogen-bond donors (Lipinski definition) is 2. The van der Waals surface area contributed by atoms with Crippen LogP contribution in [0.5, 0.6) is 5.75 Å². The number of carbonyl (C=O) groups is 2. The number of amides is 2. The average Bonchev–Trinajstić information content (AvgIpc) is 3.09. The topological polar surface area (TPSA) is 80.3 Å². The average molecular weight is 402 g/mol. The number of anilines is 1. The molecule has 1 atom stereocenters. The van der Waals surface area contributed by atoms with Gasteiger partial charge in [-0.1, -0.05) is 13.8 Å². The SMILES string of the molecule is COc1ccc(C(=O)Nc2nc3c(s2)CCCC3C(=O)NCCC(C)C)cc1. The minimum Gasteiger partial charge on any atom is -0.497 e. The fraction of sp³-hybridized carbons (Fsp3) is 0.476. The molecule has 0 saturated heterocycles. The number of benzene rings is 1. The van der Waals surface area contributed by atoms with Crippen LogP contribution in [0.15, 0.2) is 24.3 Å². The molecular weight excluding hydrogens is 374 g/mol. The highest BCUT2D eigenvalue weighted by Gasteiger charge is 2.30. The predicted molar refractivity (Wildman–Crippen MR) is 111 cm³/mol. The van der Waals surface area contributed by atoms with E-state index in [9.17, 15) is 9.59 Å². The van der Waals surface area contributed by atoms with Gasteiger partial charge in [0, 0.05) is 17.0 Å². The zero-order valence-electron chi connectivity index (χ0n) is 16.6. The van der Waals surface area contributed by atoms with Crippen LogP contribution in [-0.4, -0.2) is 30.5 Å². The summed E-state index contributed by atoms with van der Waals surface area (Å²) in [5.74, 6) is 0.860. The molecule has 1 aromatic heterocycles. The first kappa shape index (κ1) is 20.3. The summed E-state index contributed by atoms with van der Waals surface area (Å²) in [4.78, 5) is 30.8. The van der Waals surface area contributed by atoms with E-state index in [0.717, 1.165) is 36.3 Å². The normalized spacial score (nSPS) is 15.8. The molecule has 1 aliphatic rings. The number of aryl methyl sites for hydroxylation is 1. The first-order valence-electron chi connectivity index (χ1n) is 9.70. The Balaban J connectivity index is 1.67. The van der Waals surface area contributed by atoms with Crippen LogP contribution in [-0.2, 0) is 11.2 Å². The second-order valence-corrected chi connectivity index (χ2v) is 8.51. The number of fused-ring (bicyclic) bond motifs is 1. The standard InChI is InChI=1S/C21H27N3O3S/c1-13(2)11-12-22-20(26)16-5-4-6-17-18(16)23-21(28-17)24-19(25)14-7-9-15(27-3)10-8-14/h7-10,13,16H,4-6,11-12H2,1-3H3,(H,22,26)(H,23,24,25). The van der Waals surface area contributed by atoms with Crippen molar-refractivity contribution in [2.75, 3.05) is 19.0 Å². The van der Waals surface area contributed by atoms with E-state index < -0.39 is 0 Å². The lowest BCUT2D eigenvalue weighted by Crippen LogP contribution is -2.32. The van der Waals surface area contributed by atoms with Gasteiger partial charge in [-0.25, -0.2) is 4.98 Å². The van der Waals surface area contributed by atoms with Crippen LogP contribution in [0.4, 0.5) is 5.13 Å². The van der Waals surface area contributed by atoms with Crippen molar-refractivity contribution >= 4 is 28.3 Å². The first-order valence-corrected chi connectivity index (χ1v) is 10.5. The van der Waals surface area contributed by atoms with Crippen LogP contribution in [0.1, 0.15) is 60.0 Å². The summed E-state index contributed by atoms with van der Waals surface area (Å²) in [5.41, 5.74) is 1.36. The zero-order valence-corrected chi connectivity index (χ0v) is 17.4. The van der Waals surface area contributed by atoms with Gasteiger partial charge in [0.05, 0.1) is 18.7 Å². The Morgan fingerprint density at radius 1 is 1.29 bits per heavy atom. The summed E-state index contributed by atoms with van der Waals surface area (Å²) in [6, 6.07) is 6.93. The minimum absolute atomic E-state index is 0.0416. The molecule has 1 heterocycles. The molecule has 28 heavy (non-hydrogen) atoms.